The van der Waals surface area contributed by atoms with Crippen LogP contribution in [-0.4, -0.2) is 5.84 Å². The first kappa shape index (κ1) is 33.4. The highest BCUT2D eigenvalue weighted by molar-refractivity contribution is 6.20. The fourth-order valence-electron chi connectivity index (χ4n) is 7.80. The quantitative estimate of drug-likeness (QED) is 0.164. The van der Waals surface area contributed by atoms with Crippen molar-refractivity contribution in [3.05, 3.63) is 223 Å². The average Bonchev–Trinajstić information content (AvgIpc) is 3.68. The number of hydrogen-bond donors (Lipinski definition) is 2. The van der Waals surface area contributed by atoms with Crippen LogP contribution in [0.15, 0.2) is 216 Å². The maximum Gasteiger partial charge on any atom is 0.148 e. The molecular weight excluding hydrogens is 685 g/mol. The van der Waals surface area contributed by atoms with E-state index in [1.54, 1.807) is 0 Å². The monoisotopic (exact) mass is 722 g/mol. The minimum atomic E-state index is -0.264. The molecule has 10 rings (SSSR count). The summed E-state index contributed by atoms with van der Waals surface area (Å²) in [6.45, 7) is 0. The molecular formula is C51H38N4O. The van der Waals surface area contributed by atoms with Gasteiger partial charge in [0.1, 0.15) is 29.3 Å². The van der Waals surface area contributed by atoms with Crippen molar-refractivity contribution in [2.75, 3.05) is 4.90 Å². The van der Waals surface area contributed by atoms with Crippen LogP contribution < -0.4 is 15.5 Å². The van der Waals surface area contributed by atoms with Crippen LogP contribution in [0.2, 0.25) is 0 Å². The Morgan fingerprint density at radius 2 is 0.964 bits per heavy atom. The summed E-state index contributed by atoms with van der Waals surface area (Å²) < 4.78 is 6.87. The first-order chi connectivity index (χ1) is 27.8. The molecule has 0 amide bonds. The van der Waals surface area contributed by atoms with Gasteiger partial charge in [-0.15, -0.1) is 0 Å². The highest BCUT2D eigenvalue weighted by Gasteiger charge is 2.29. The molecule has 0 radical (unpaired) electrons. The molecule has 9 aromatic rings. The van der Waals surface area contributed by atoms with Gasteiger partial charge in [-0.1, -0.05) is 164 Å². The molecule has 0 spiro atoms. The second-order valence-electron chi connectivity index (χ2n) is 14.0. The zero-order valence-corrected chi connectivity index (χ0v) is 30.6. The number of nitrogens with zero attached hydrogens (tertiary/aromatic N) is 2. The van der Waals surface area contributed by atoms with E-state index in [0.29, 0.717) is 0 Å². The maximum atomic E-state index is 6.87. The van der Waals surface area contributed by atoms with Crippen molar-refractivity contribution in [2.45, 2.75) is 12.3 Å². The molecule has 8 aromatic carbocycles. The van der Waals surface area contributed by atoms with E-state index in [9.17, 15) is 0 Å². The van der Waals surface area contributed by atoms with Crippen LogP contribution in [0.25, 0.3) is 44.2 Å². The molecule has 0 saturated heterocycles. The van der Waals surface area contributed by atoms with Crippen LogP contribution in [0, 0.1) is 0 Å². The fraction of sp³-hybridized carbons (Fsp3) is 0.0392. The Kier molecular flexibility index (Phi) is 8.67. The highest BCUT2D eigenvalue weighted by atomic mass is 16.3. The van der Waals surface area contributed by atoms with Gasteiger partial charge < -0.3 is 14.6 Å². The third kappa shape index (κ3) is 6.30. The first-order valence-electron chi connectivity index (χ1n) is 19.0. The number of hydrogen-bond acceptors (Lipinski definition) is 5. The summed E-state index contributed by atoms with van der Waals surface area (Å²) in [4.78, 5) is 7.65. The number of furan rings is 1. The predicted molar refractivity (Wildman–Crippen MR) is 230 cm³/mol. The van der Waals surface area contributed by atoms with E-state index in [0.717, 1.165) is 61.5 Å². The van der Waals surface area contributed by atoms with Gasteiger partial charge in [0, 0.05) is 16.8 Å². The van der Waals surface area contributed by atoms with E-state index in [2.05, 4.69) is 198 Å². The van der Waals surface area contributed by atoms with Crippen molar-refractivity contribution in [2.24, 2.45) is 4.99 Å². The highest BCUT2D eigenvalue weighted by Crippen LogP contribution is 2.45. The van der Waals surface area contributed by atoms with E-state index in [-0.39, 0.29) is 12.3 Å². The maximum absolute atomic E-state index is 6.87. The summed E-state index contributed by atoms with van der Waals surface area (Å²) in [7, 11) is 0. The Labute approximate surface area is 326 Å². The first-order valence-corrected chi connectivity index (χ1v) is 19.0. The number of rotatable bonds is 8. The molecule has 2 unspecified atom stereocenters. The third-order valence-electron chi connectivity index (χ3n) is 10.6. The van der Waals surface area contributed by atoms with Gasteiger partial charge in [-0.2, -0.15) is 0 Å². The minimum absolute atomic E-state index is 0.171. The van der Waals surface area contributed by atoms with Gasteiger partial charge in [-0.25, -0.2) is 4.99 Å². The molecule has 1 aliphatic heterocycles. The molecule has 5 nitrogen and oxygen atoms in total. The zero-order chi connectivity index (χ0) is 37.3. The summed E-state index contributed by atoms with van der Waals surface area (Å²) in [5.74, 6) is 0.771. The number of aliphatic imine (C=N–C) groups is 1. The smallest absolute Gasteiger partial charge is 0.148 e. The number of benzene rings is 8. The lowest BCUT2D eigenvalue weighted by atomic mass is 10.0. The summed E-state index contributed by atoms with van der Waals surface area (Å²) in [6.07, 6.45) is -0.435. The van der Waals surface area contributed by atoms with E-state index < -0.39 is 0 Å². The van der Waals surface area contributed by atoms with Crippen LogP contribution in [-0.2, 0) is 0 Å². The average molecular weight is 723 g/mol. The van der Waals surface area contributed by atoms with Crippen molar-refractivity contribution < 1.29 is 4.42 Å². The number of anilines is 3. The number of amidine groups is 1. The molecule has 56 heavy (non-hydrogen) atoms. The summed E-state index contributed by atoms with van der Waals surface area (Å²) >= 11 is 0. The standard InChI is InChI=1S/C51H38N4O/c1-5-15-35(16-6-1)37-25-29-41(30-26-37)55(42-31-27-38(28-32-42)36-17-7-2-8-18-36)45-34-33-44(48-47(45)43-23-13-14-24-46(43)56-48)51-53-49(39-19-9-3-10-20-39)52-50(54-51)40-21-11-4-12-22-40/h1-34,49-50,52H,(H,53,54). The number of para-hydroxylation sites is 1. The van der Waals surface area contributed by atoms with Crippen molar-refractivity contribution in [3.8, 4) is 22.3 Å². The Bertz CT molecular complexity index is 2700. The van der Waals surface area contributed by atoms with Gasteiger partial charge in [-0.05, 0) is 75.8 Å². The summed E-state index contributed by atoms with van der Waals surface area (Å²) in [6, 6.07) is 72.3. The van der Waals surface area contributed by atoms with Crippen LogP contribution >= 0.6 is 0 Å². The van der Waals surface area contributed by atoms with E-state index in [1.807, 2.05) is 24.3 Å². The molecule has 0 fully saturated rings. The molecule has 268 valence electrons. The Balaban J connectivity index is 1.15. The van der Waals surface area contributed by atoms with Gasteiger partial charge >= 0.3 is 0 Å². The Hall–Kier alpha value is -7.21. The van der Waals surface area contributed by atoms with Crippen molar-refractivity contribution >= 4 is 44.8 Å². The van der Waals surface area contributed by atoms with Crippen LogP contribution in [0.1, 0.15) is 29.0 Å². The van der Waals surface area contributed by atoms with Gasteiger partial charge in [0.05, 0.1) is 16.6 Å². The van der Waals surface area contributed by atoms with E-state index in [4.69, 9.17) is 9.41 Å². The lowest BCUT2D eigenvalue weighted by molar-refractivity contribution is 0.409. The summed E-state index contributed by atoms with van der Waals surface area (Å²) in [5.41, 5.74) is 12.5. The van der Waals surface area contributed by atoms with E-state index >= 15 is 0 Å². The number of nitrogens with one attached hydrogen (secondary N) is 2. The topological polar surface area (TPSA) is 52.8 Å². The van der Waals surface area contributed by atoms with Gasteiger partial charge in [0.25, 0.3) is 0 Å². The predicted octanol–water partition coefficient (Wildman–Crippen LogP) is 12.7. The van der Waals surface area contributed by atoms with Gasteiger partial charge in [0.2, 0.25) is 0 Å². The van der Waals surface area contributed by atoms with E-state index in [1.165, 1.54) is 22.3 Å². The molecule has 1 aliphatic rings. The second-order valence-corrected chi connectivity index (χ2v) is 14.0. The second kappa shape index (κ2) is 14.6. The molecule has 2 heterocycles. The lowest BCUT2D eigenvalue weighted by Gasteiger charge is -2.32. The van der Waals surface area contributed by atoms with Gasteiger partial charge in [-0.3, -0.25) is 5.32 Å². The van der Waals surface area contributed by atoms with Crippen LogP contribution in [0.5, 0.6) is 0 Å². The Morgan fingerprint density at radius 3 is 1.55 bits per heavy atom. The molecule has 0 saturated carbocycles. The van der Waals surface area contributed by atoms with Crippen molar-refractivity contribution in [3.63, 3.8) is 0 Å². The zero-order valence-electron chi connectivity index (χ0n) is 30.6. The molecule has 0 bridgehead atoms. The fourth-order valence-corrected chi connectivity index (χ4v) is 7.80. The Morgan fingerprint density at radius 1 is 0.464 bits per heavy atom. The normalized spacial score (nSPS) is 15.3. The summed E-state index contributed by atoms with van der Waals surface area (Å²) in [5, 5.41) is 9.53. The molecule has 2 atom stereocenters. The minimum Gasteiger partial charge on any atom is -0.455 e. The van der Waals surface area contributed by atoms with Crippen molar-refractivity contribution in [1.29, 1.82) is 0 Å². The molecule has 0 aliphatic carbocycles. The largest absolute Gasteiger partial charge is 0.455 e. The van der Waals surface area contributed by atoms with Crippen LogP contribution in [0.3, 0.4) is 0 Å². The molecule has 5 heteroatoms. The van der Waals surface area contributed by atoms with Crippen molar-refractivity contribution in [1.82, 2.24) is 10.6 Å². The SMILES string of the molecule is c1ccc(-c2ccc(N(c3ccc(-c4ccccc4)cc3)c3ccc(C4=NC(c5ccccc5)NC(c5ccccc5)N4)c4oc5ccccc5c34)cc2)cc1. The van der Waals surface area contributed by atoms with Crippen LogP contribution in [0.4, 0.5) is 17.1 Å². The third-order valence-corrected chi connectivity index (χ3v) is 10.6. The lowest BCUT2D eigenvalue weighted by Crippen LogP contribution is -2.45. The van der Waals surface area contributed by atoms with Gasteiger partial charge in [0.15, 0.2) is 0 Å². The molecule has 2 N–H and O–H groups in total. The number of fused-ring (bicyclic) bond motifs is 3. The molecule has 1 aromatic heterocycles.